The number of guanidine groups is 1. The molecule has 1 unspecified atom stereocenters. The van der Waals surface area contributed by atoms with Gasteiger partial charge in [-0.3, -0.25) is 9.89 Å². The lowest BCUT2D eigenvalue weighted by molar-refractivity contribution is 0.0625. The Bertz CT molecular complexity index is 586. The van der Waals surface area contributed by atoms with Crippen LogP contribution in [-0.2, 0) is 11.3 Å². The maximum Gasteiger partial charge on any atom is 0.193 e. The van der Waals surface area contributed by atoms with Gasteiger partial charge in [-0.05, 0) is 50.1 Å². The lowest BCUT2D eigenvalue weighted by atomic mass is 9.96. The summed E-state index contributed by atoms with van der Waals surface area (Å²) >= 11 is 0. The third kappa shape index (κ3) is 6.49. The molecule has 1 aromatic carbocycles. The summed E-state index contributed by atoms with van der Waals surface area (Å²) in [6, 6.07) is 11.4. The van der Waals surface area contributed by atoms with Crippen LogP contribution in [0.3, 0.4) is 0 Å². The highest BCUT2D eigenvalue weighted by molar-refractivity contribution is 5.79. The van der Waals surface area contributed by atoms with Crippen LogP contribution < -0.4 is 5.32 Å². The molecule has 5 heteroatoms. The van der Waals surface area contributed by atoms with E-state index in [4.69, 9.17) is 4.74 Å². The fraction of sp³-hybridized carbons (Fsp3) is 0.696. The highest BCUT2D eigenvalue weighted by Crippen LogP contribution is 2.20. The van der Waals surface area contributed by atoms with Crippen molar-refractivity contribution in [3.05, 3.63) is 35.9 Å². The summed E-state index contributed by atoms with van der Waals surface area (Å²) in [5.41, 5.74) is 1.41. The maximum absolute atomic E-state index is 5.48. The number of likely N-dealkylation sites (tertiary alicyclic amines) is 1. The van der Waals surface area contributed by atoms with E-state index in [9.17, 15) is 0 Å². The van der Waals surface area contributed by atoms with Crippen LogP contribution in [0.4, 0.5) is 0 Å². The Morgan fingerprint density at radius 3 is 2.71 bits per heavy atom. The van der Waals surface area contributed by atoms with E-state index in [1.165, 1.54) is 50.6 Å². The topological polar surface area (TPSA) is 40.1 Å². The van der Waals surface area contributed by atoms with Crippen molar-refractivity contribution in [3.8, 4) is 0 Å². The minimum absolute atomic E-state index is 0.578. The molecule has 1 atom stereocenters. The standard InChI is InChI=1S/C23H38N4O/c1-24-23(26(2)15-11-20-12-16-28-17-13-20)25-18-22-10-6-7-14-27(22)19-21-8-4-3-5-9-21/h3-5,8-9,20,22H,6-7,10-19H2,1-2H3,(H,24,25). The largest absolute Gasteiger partial charge is 0.381 e. The average Bonchev–Trinajstić information content (AvgIpc) is 2.75. The molecule has 2 heterocycles. The van der Waals surface area contributed by atoms with E-state index < -0.39 is 0 Å². The first-order valence-corrected chi connectivity index (χ1v) is 11.0. The van der Waals surface area contributed by atoms with Gasteiger partial charge in [0.05, 0.1) is 0 Å². The Labute approximate surface area is 171 Å². The molecule has 1 N–H and O–H groups in total. The second kappa shape index (κ2) is 11.4. The van der Waals surface area contributed by atoms with Crippen molar-refractivity contribution in [2.24, 2.45) is 10.9 Å². The van der Waals surface area contributed by atoms with Gasteiger partial charge in [-0.2, -0.15) is 0 Å². The van der Waals surface area contributed by atoms with Crippen molar-refractivity contribution in [2.45, 2.75) is 51.1 Å². The molecule has 0 spiro atoms. The Morgan fingerprint density at radius 2 is 1.96 bits per heavy atom. The molecule has 0 aromatic heterocycles. The number of hydrogen-bond acceptors (Lipinski definition) is 3. The van der Waals surface area contributed by atoms with E-state index in [0.29, 0.717) is 6.04 Å². The summed E-state index contributed by atoms with van der Waals surface area (Å²) in [5.74, 6) is 1.83. The summed E-state index contributed by atoms with van der Waals surface area (Å²) in [6.07, 6.45) is 7.54. The normalized spacial score (nSPS) is 22.2. The average molecular weight is 387 g/mol. The molecule has 28 heavy (non-hydrogen) atoms. The van der Waals surface area contributed by atoms with E-state index in [1.54, 1.807) is 0 Å². The van der Waals surface area contributed by atoms with Crippen LogP contribution in [-0.4, -0.2) is 68.7 Å². The van der Waals surface area contributed by atoms with E-state index in [0.717, 1.165) is 44.7 Å². The summed E-state index contributed by atoms with van der Waals surface area (Å²) in [7, 11) is 4.06. The van der Waals surface area contributed by atoms with Crippen molar-refractivity contribution in [1.29, 1.82) is 0 Å². The molecular weight excluding hydrogens is 348 g/mol. The van der Waals surface area contributed by atoms with Gasteiger partial charge in [-0.25, -0.2) is 0 Å². The minimum Gasteiger partial charge on any atom is -0.381 e. The number of ether oxygens (including phenoxy) is 1. The van der Waals surface area contributed by atoms with Gasteiger partial charge < -0.3 is 15.0 Å². The van der Waals surface area contributed by atoms with Crippen molar-refractivity contribution in [3.63, 3.8) is 0 Å². The van der Waals surface area contributed by atoms with Gasteiger partial charge in [-0.15, -0.1) is 0 Å². The number of aliphatic imine (C=N–C) groups is 1. The van der Waals surface area contributed by atoms with Crippen LogP contribution in [0.5, 0.6) is 0 Å². The third-order valence-corrected chi connectivity index (χ3v) is 6.26. The maximum atomic E-state index is 5.48. The molecule has 1 aromatic rings. The minimum atomic E-state index is 0.578. The number of piperidine rings is 1. The van der Waals surface area contributed by atoms with Gasteiger partial charge in [0.2, 0.25) is 0 Å². The zero-order valence-electron chi connectivity index (χ0n) is 17.8. The monoisotopic (exact) mass is 386 g/mol. The van der Waals surface area contributed by atoms with E-state index in [-0.39, 0.29) is 0 Å². The SMILES string of the molecule is CN=C(NCC1CCCCN1Cc1ccccc1)N(C)CCC1CCOCC1. The summed E-state index contributed by atoms with van der Waals surface area (Å²) in [5, 5.41) is 3.65. The molecule has 2 fully saturated rings. The van der Waals surface area contributed by atoms with Crippen molar-refractivity contribution >= 4 is 5.96 Å². The van der Waals surface area contributed by atoms with Crippen molar-refractivity contribution in [1.82, 2.24) is 15.1 Å². The first-order valence-electron chi connectivity index (χ1n) is 11.0. The van der Waals surface area contributed by atoms with Crippen LogP contribution in [0.2, 0.25) is 0 Å². The highest BCUT2D eigenvalue weighted by Gasteiger charge is 2.23. The number of nitrogens with one attached hydrogen (secondary N) is 1. The van der Waals surface area contributed by atoms with Gasteiger partial charge in [0.1, 0.15) is 0 Å². The second-order valence-corrected chi connectivity index (χ2v) is 8.30. The number of rotatable bonds is 7. The van der Waals surface area contributed by atoms with Crippen molar-refractivity contribution in [2.75, 3.05) is 46.9 Å². The molecule has 0 saturated carbocycles. The van der Waals surface area contributed by atoms with Crippen molar-refractivity contribution < 1.29 is 4.74 Å². The fourth-order valence-corrected chi connectivity index (χ4v) is 4.43. The van der Waals surface area contributed by atoms with Gasteiger partial charge >= 0.3 is 0 Å². The van der Waals surface area contributed by atoms with E-state index >= 15 is 0 Å². The van der Waals surface area contributed by atoms with E-state index in [2.05, 4.69) is 57.5 Å². The summed E-state index contributed by atoms with van der Waals surface area (Å²) in [4.78, 5) is 9.46. The Hall–Kier alpha value is -1.59. The van der Waals surface area contributed by atoms with E-state index in [1.807, 2.05) is 7.05 Å². The van der Waals surface area contributed by atoms with Crippen LogP contribution in [0.15, 0.2) is 35.3 Å². The van der Waals surface area contributed by atoms with Gasteiger partial charge in [0, 0.05) is 53.0 Å². The zero-order chi connectivity index (χ0) is 19.6. The second-order valence-electron chi connectivity index (χ2n) is 8.30. The molecule has 3 rings (SSSR count). The first-order chi connectivity index (χ1) is 13.8. The zero-order valence-corrected chi connectivity index (χ0v) is 17.8. The lowest BCUT2D eigenvalue weighted by Gasteiger charge is -2.36. The van der Waals surface area contributed by atoms with Crippen LogP contribution in [0, 0.1) is 5.92 Å². The quantitative estimate of drug-likeness (QED) is 0.576. The third-order valence-electron chi connectivity index (χ3n) is 6.26. The molecule has 5 nitrogen and oxygen atoms in total. The van der Waals surface area contributed by atoms with Gasteiger partial charge in [0.15, 0.2) is 5.96 Å². The molecule has 0 bridgehead atoms. The van der Waals surface area contributed by atoms with Crippen LogP contribution in [0.25, 0.3) is 0 Å². The lowest BCUT2D eigenvalue weighted by Crippen LogP contribution is -2.49. The smallest absolute Gasteiger partial charge is 0.193 e. The highest BCUT2D eigenvalue weighted by atomic mass is 16.5. The first kappa shape index (κ1) is 21.1. The Kier molecular flexibility index (Phi) is 8.62. The molecular formula is C23H38N4O. The molecule has 2 aliphatic rings. The summed E-state index contributed by atoms with van der Waals surface area (Å²) in [6.45, 7) is 6.13. The Morgan fingerprint density at radius 1 is 1.18 bits per heavy atom. The number of nitrogens with zero attached hydrogens (tertiary/aromatic N) is 3. The molecule has 156 valence electrons. The molecule has 0 aliphatic carbocycles. The van der Waals surface area contributed by atoms with Crippen LogP contribution in [0.1, 0.15) is 44.1 Å². The number of benzene rings is 1. The number of hydrogen-bond donors (Lipinski definition) is 1. The summed E-state index contributed by atoms with van der Waals surface area (Å²) < 4.78 is 5.48. The molecule has 0 radical (unpaired) electrons. The predicted octanol–water partition coefficient (Wildman–Crippen LogP) is 3.37. The van der Waals surface area contributed by atoms with Gasteiger partial charge in [-0.1, -0.05) is 36.8 Å². The van der Waals surface area contributed by atoms with Crippen LogP contribution >= 0.6 is 0 Å². The predicted molar refractivity (Wildman–Crippen MR) is 117 cm³/mol. The fourth-order valence-electron chi connectivity index (χ4n) is 4.43. The molecule has 2 aliphatic heterocycles. The molecule has 0 amide bonds. The van der Waals surface area contributed by atoms with Gasteiger partial charge in [0.25, 0.3) is 0 Å². The Balaban J connectivity index is 1.46. The molecule has 2 saturated heterocycles.